The van der Waals surface area contributed by atoms with Crippen LogP contribution >= 0.6 is 0 Å². The van der Waals surface area contributed by atoms with E-state index in [0.29, 0.717) is 12.1 Å². The highest BCUT2D eigenvalue weighted by Gasteiger charge is 2.31. The average molecular weight is 329 g/mol. The van der Waals surface area contributed by atoms with Crippen LogP contribution in [-0.4, -0.2) is 5.91 Å². The van der Waals surface area contributed by atoms with Gasteiger partial charge in [0.15, 0.2) is 0 Å². The second-order valence-corrected chi connectivity index (χ2v) is 4.94. The van der Waals surface area contributed by atoms with Crippen molar-refractivity contribution in [1.29, 1.82) is 0 Å². The molecule has 0 heterocycles. The largest absolute Gasteiger partial charge is 0.416 e. The third kappa shape index (κ3) is 4.06. The maximum atomic E-state index is 13.6. The molecule has 1 atom stereocenters. The molecule has 0 bridgehead atoms. The van der Waals surface area contributed by atoms with Gasteiger partial charge in [-0.05, 0) is 31.2 Å². The molecular weight excluding hydrogens is 317 g/mol. The van der Waals surface area contributed by atoms with Crippen LogP contribution in [0.5, 0.6) is 0 Å². The Morgan fingerprint density at radius 1 is 1.09 bits per heavy atom. The summed E-state index contributed by atoms with van der Waals surface area (Å²) in [6.07, 6.45) is -4.56. The van der Waals surface area contributed by atoms with Gasteiger partial charge in [0.25, 0.3) is 5.91 Å². The van der Waals surface area contributed by atoms with Crippen molar-refractivity contribution in [2.24, 2.45) is 0 Å². The van der Waals surface area contributed by atoms with Gasteiger partial charge in [-0.1, -0.05) is 12.1 Å². The number of halogens is 5. The van der Waals surface area contributed by atoms with E-state index in [1.807, 2.05) is 0 Å². The number of alkyl halides is 3. The van der Waals surface area contributed by atoms with Crippen molar-refractivity contribution in [3.05, 3.63) is 70.8 Å². The zero-order valence-corrected chi connectivity index (χ0v) is 11.9. The van der Waals surface area contributed by atoms with Crippen molar-refractivity contribution >= 4 is 5.91 Å². The van der Waals surface area contributed by atoms with Gasteiger partial charge < -0.3 is 5.32 Å². The molecule has 0 aliphatic heterocycles. The zero-order chi connectivity index (χ0) is 17.2. The molecule has 0 saturated carbocycles. The molecule has 1 amide bonds. The van der Waals surface area contributed by atoms with E-state index >= 15 is 0 Å². The molecule has 0 saturated heterocycles. The molecule has 2 nitrogen and oxygen atoms in total. The SMILES string of the molecule is C[C@@H](NC(=O)c1cccc(C(F)(F)F)c1)c1ccc(F)cc1F. The normalized spacial score (nSPS) is 12.8. The van der Waals surface area contributed by atoms with Crippen LogP contribution < -0.4 is 5.32 Å². The summed E-state index contributed by atoms with van der Waals surface area (Å²) in [5.41, 5.74) is -1.12. The molecule has 7 heteroatoms. The lowest BCUT2D eigenvalue weighted by Crippen LogP contribution is -2.27. The summed E-state index contributed by atoms with van der Waals surface area (Å²) >= 11 is 0. The van der Waals surface area contributed by atoms with Crippen molar-refractivity contribution in [1.82, 2.24) is 5.32 Å². The Kier molecular flexibility index (Phi) is 4.68. The van der Waals surface area contributed by atoms with Crippen LogP contribution in [0.2, 0.25) is 0 Å². The highest BCUT2D eigenvalue weighted by Crippen LogP contribution is 2.29. The molecule has 1 N–H and O–H groups in total. The molecule has 122 valence electrons. The summed E-state index contributed by atoms with van der Waals surface area (Å²) in [6, 6.07) is 5.93. The second kappa shape index (κ2) is 6.36. The van der Waals surface area contributed by atoms with E-state index in [1.165, 1.54) is 19.1 Å². The minimum absolute atomic E-state index is 0.0340. The minimum Gasteiger partial charge on any atom is -0.345 e. The Hall–Kier alpha value is -2.44. The molecule has 0 spiro atoms. The lowest BCUT2D eigenvalue weighted by atomic mass is 10.1. The van der Waals surface area contributed by atoms with Crippen LogP contribution in [0.3, 0.4) is 0 Å². The number of hydrogen-bond acceptors (Lipinski definition) is 1. The standard InChI is InChI=1S/C16H12F5NO/c1-9(13-6-5-12(17)8-14(13)18)22-15(23)10-3-2-4-11(7-10)16(19,20)21/h2-9H,1H3,(H,22,23)/t9-/m1/s1. The van der Waals surface area contributed by atoms with Crippen LogP contribution in [0.15, 0.2) is 42.5 Å². The van der Waals surface area contributed by atoms with E-state index in [1.54, 1.807) is 0 Å². The lowest BCUT2D eigenvalue weighted by molar-refractivity contribution is -0.137. The highest BCUT2D eigenvalue weighted by molar-refractivity contribution is 5.94. The van der Waals surface area contributed by atoms with Gasteiger partial charge in [-0.2, -0.15) is 13.2 Å². The van der Waals surface area contributed by atoms with E-state index in [9.17, 15) is 26.7 Å². The summed E-state index contributed by atoms with van der Waals surface area (Å²) in [6.45, 7) is 1.45. The molecule has 0 unspecified atom stereocenters. The molecule has 23 heavy (non-hydrogen) atoms. The Morgan fingerprint density at radius 3 is 2.39 bits per heavy atom. The van der Waals surface area contributed by atoms with E-state index < -0.39 is 35.3 Å². The zero-order valence-electron chi connectivity index (χ0n) is 11.9. The van der Waals surface area contributed by atoms with Gasteiger partial charge in [-0.25, -0.2) is 8.78 Å². The number of rotatable bonds is 3. The predicted molar refractivity (Wildman–Crippen MR) is 73.7 cm³/mol. The number of carbonyl (C=O) groups is 1. The molecular formula is C16H12F5NO. The fourth-order valence-corrected chi connectivity index (χ4v) is 2.05. The van der Waals surface area contributed by atoms with Gasteiger partial charge in [0.2, 0.25) is 0 Å². The van der Waals surface area contributed by atoms with Gasteiger partial charge in [0.05, 0.1) is 11.6 Å². The Morgan fingerprint density at radius 2 is 1.78 bits per heavy atom. The molecule has 2 rings (SSSR count). The molecule has 0 aromatic heterocycles. The Bertz CT molecular complexity index is 727. The third-order valence-electron chi connectivity index (χ3n) is 3.23. The fraction of sp³-hybridized carbons (Fsp3) is 0.188. The van der Waals surface area contributed by atoms with E-state index in [4.69, 9.17) is 0 Å². The van der Waals surface area contributed by atoms with Crippen molar-refractivity contribution in [2.75, 3.05) is 0 Å². The van der Waals surface area contributed by atoms with Crippen molar-refractivity contribution in [3.63, 3.8) is 0 Å². The van der Waals surface area contributed by atoms with Gasteiger partial charge >= 0.3 is 6.18 Å². The van der Waals surface area contributed by atoms with Crippen LogP contribution in [0.25, 0.3) is 0 Å². The van der Waals surface area contributed by atoms with Crippen molar-refractivity contribution < 1.29 is 26.7 Å². The molecule has 0 radical (unpaired) electrons. The molecule has 2 aromatic carbocycles. The topological polar surface area (TPSA) is 29.1 Å². The van der Waals surface area contributed by atoms with Gasteiger partial charge in [0.1, 0.15) is 11.6 Å². The first-order valence-corrected chi connectivity index (χ1v) is 6.61. The van der Waals surface area contributed by atoms with E-state index in [2.05, 4.69) is 5.32 Å². The Balaban J connectivity index is 2.18. The number of benzene rings is 2. The lowest BCUT2D eigenvalue weighted by Gasteiger charge is -2.16. The van der Waals surface area contributed by atoms with Crippen molar-refractivity contribution in [3.8, 4) is 0 Å². The van der Waals surface area contributed by atoms with Gasteiger partial charge in [-0.3, -0.25) is 4.79 Å². The fourth-order valence-electron chi connectivity index (χ4n) is 2.05. The second-order valence-electron chi connectivity index (χ2n) is 4.94. The summed E-state index contributed by atoms with van der Waals surface area (Å²) in [5, 5.41) is 2.38. The maximum absolute atomic E-state index is 13.6. The van der Waals surface area contributed by atoms with E-state index in [-0.39, 0.29) is 11.1 Å². The quantitative estimate of drug-likeness (QED) is 0.827. The van der Waals surface area contributed by atoms with Gasteiger partial charge in [0, 0.05) is 17.2 Å². The third-order valence-corrected chi connectivity index (χ3v) is 3.23. The first-order valence-electron chi connectivity index (χ1n) is 6.61. The molecule has 2 aromatic rings. The van der Waals surface area contributed by atoms with Crippen LogP contribution in [0, 0.1) is 11.6 Å². The minimum atomic E-state index is -4.56. The summed E-state index contributed by atoms with van der Waals surface area (Å²) in [7, 11) is 0. The number of amides is 1. The number of hydrogen-bond donors (Lipinski definition) is 1. The molecule has 0 fully saturated rings. The first kappa shape index (κ1) is 16.9. The van der Waals surface area contributed by atoms with E-state index in [0.717, 1.165) is 18.2 Å². The summed E-state index contributed by atoms with van der Waals surface area (Å²) in [4.78, 5) is 12.0. The van der Waals surface area contributed by atoms with Gasteiger partial charge in [-0.15, -0.1) is 0 Å². The monoisotopic (exact) mass is 329 g/mol. The summed E-state index contributed by atoms with van der Waals surface area (Å²) in [5.74, 6) is -2.39. The maximum Gasteiger partial charge on any atom is 0.416 e. The van der Waals surface area contributed by atoms with Crippen molar-refractivity contribution in [2.45, 2.75) is 19.1 Å². The average Bonchev–Trinajstić information content (AvgIpc) is 2.46. The number of nitrogens with one attached hydrogen (secondary N) is 1. The van der Waals surface area contributed by atoms with Crippen LogP contribution in [0.1, 0.15) is 34.5 Å². The molecule has 0 aliphatic rings. The number of carbonyl (C=O) groups excluding carboxylic acids is 1. The summed E-state index contributed by atoms with van der Waals surface area (Å²) < 4.78 is 64.4. The van der Waals surface area contributed by atoms with Crippen LogP contribution in [0.4, 0.5) is 22.0 Å². The smallest absolute Gasteiger partial charge is 0.345 e. The predicted octanol–water partition coefficient (Wildman–Crippen LogP) is 4.47. The highest BCUT2D eigenvalue weighted by atomic mass is 19.4. The van der Waals surface area contributed by atoms with Crippen LogP contribution in [-0.2, 0) is 6.18 Å². The Labute approximate surface area is 128 Å². The first-order chi connectivity index (χ1) is 10.7. The molecule has 0 aliphatic carbocycles.